The highest BCUT2D eigenvalue weighted by Crippen LogP contribution is 2.24. The molecule has 1 atom stereocenters. The van der Waals surface area contributed by atoms with Gasteiger partial charge in [-0.05, 0) is 55.5 Å². The molecule has 0 radical (unpaired) electrons. The van der Waals surface area contributed by atoms with Crippen molar-refractivity contribution in [2.24, 2.45) is 0 Å². The van der Waals surface area contributed by atoms with E-state index in [0.29, 0.717) is 24.5 Å². The maximum absolute atomic E-state index is 13.1. The number of halogens is 1. The zero-order valence-corrected chi connectivity index (χ0v) is 16.4. The summed E-state index contributed by atoms with van der Waals surface area (Å²) < 4.78 is 18.8. The number of oxazole rings is 1. The minimum absolute atomic E-state index is 0.159. The molecule has 29 heavy (non-hydrogen) atoms. The molecule has 1 amide bonds. The second-order valence-corrected chi connectivity index (χ2v) is 7.55. The third-order valence-electron chi connectivity index (χ3n) is 5.50. The summed E-state index contributed by atoms with van der Waals surface area (Å²) in [4.78, 5) is 19.2. The molecule has 5 heteroatoms. The van der Waals surface area contributed by atoms with Crippen molar-refractivity contribution in [2.75, 3.05) is 6.54 Å². The SMILES string of the molecule is O=C(CCc1ncc(-c2ccc(F)cc2)o1)N1CCCC[C@H]1Cc1ccccc1. The fourth-order valence-electron chi connectivity index (χ4n) is 3.96. The largest absolute Gasteiger partial charge is 0.441 e. The number of hydrogen-bond donors (Lipinski definition) is 0. The van der Waals surface area contributed by atoms with Crippen molar-refractivity contribution in [3.8, 4) is 11.3 Å². The van der Waals surface area contributed by atoms with Gasteiger partial charge in [0, 0.05) is 31.0 Å². The van der Waals surface area contributed by atoms with E-state index < -0.39 is 0 Å². The van der Waals surface area contributed by atoms with Gasteiger partial charge in [-0.25, -0.2) is 9.37 Å². The van der Waals surface area contributed by atoms with Crippen molar-refractivity contribution in [2.45, 2.75) is 44.6 Å². The first-order valence-corrected chi connectivity index (χ1v) is 10.2. The summed E-state index contributed by atoms with van der Waals surface area (Å²) in [7, 11) is 0. The van der Waals surface area contributed by atoms with Crippen LogP contribution in [0.25, 0.3) is 11.3 Å². The van der Waals surface area contributed by atoms with Crippen LogP contribution in [0.3, 0.4) is 0 Å². The summed E-state index contributed by atoms with van der Waals surface area (Å²) in [6.07, 6.45) is 6.66. The van der Waals surface area contributed by atoms with Crippen LogP contribution in [-0.4, -0.2) is 28.4 Å². The Bertz CT molecular complexity index is 937. The summed E-state index contributed by atoms with van der Waals surface area (Å²) in [5, 5.41) is 0. The van der Waals surface area contributed by atoms with E-state index in [1.165, 1.54) is 24.1 Å². The van der Waals surface area contributed by atoms with Crippen molar-refractivity contribution < 1.29 is 13.6 Å². The lowest BCUT2D eigenvalue weighted by Crippen LogP contribution is -2.45. The minimum atomic E-state index is -0.286. The Kier molecular flexibility index (Phi) is 6.03. The molecule has 4 nitrogen and oxygen atoms in total. The summed E-state index contributed by atoms with van der Waals surface area (Å²) >= 11 is 0. The summed E-state index contributed by atoms with van der Waals surface area (Å²) in [5.41, 5.74) is 2.05. The Balaban J connectivity index is 1.36. The number of rotatable bonds is 6. The average Bonchev–Trinajstić information content (AvgIpc) is 3.23. The molecule has 0 unspecified atom stereocenters. The highest BCUT2D eigenvalue weighted by atomic mass is 19.1. The van der Waals surface area contributed by atoms with Gasteiger partial charge in [-0.2, -0.15) is 0 Å². The van der Waals surface area contributed by atoms with E-state index in [1.54, 1.807) is 18.3 Å². The van der Waals surface area contributed by atoms with Crippen LogP contribution >= 0.6 is 0 Å². The number of carbonyl (C=O) groups excluding carboxylic acids is 1. The van der Waals surface area contributed by atoms with Crippen LogP contribution in [0.15, 0.2) is 65.2 Å². The van der Waals surface area contributed by atoms with Crippen molar-refractivity contribution in [3.05, 3.63) is 78.1 Å². The average molecular weight is 392 g/mol. The van der Waals surface area contributed by atoms with Crippen LogP contribution < -0.4 is 0 Å². The fraction of sp³-hybridized carbons (Fsp3) is 0.333. The van der Waals surface area contributed by atoms with Crippen LogP contribution in [0.5, 0.6) is 0 Å². The fourth-order valence-corrected chi connectivity index (χ4v) is 3.96. The second-order valence-electron chi connectivity index (χ2n) is 7.55. The van der Waals surface area contributed by atoms with Gasteiger partial charge in [0.1, 0.15) is 5.82 Å². The number of likely N-dealkylation sites (tertiary alicyclic amines) is 1. The first kappa shape index (κ1) is 19.4. The second kappa shape index (κ2) is 9.03. The van der Waals surface area contributed by atoms with Crippen molar-refractivity contribution in [3.63, 3.8) is 0 Å². The van der Waals surface area contributed by atoms with Crippen molar-refractivity contribution >= 4 is 5.91 Å². The molecule has 1 saturated heterocycles. The third kappa shape index (κ3) is 4.91. The summed E-state index contributed by atoms with van der Waals surface area (Å²) in [6.45, 7) is 0.822. The molecule has 1 aromatic heterocycles. The van der Waals surface area contributed by atoms with E-state index >= 15 is 0 Å². The maximum atomic E-state index is 13.1. The van der Waals surface area contributed by atoms with Crippen LogP contribution in [0, 0.1) is 5.82 Å². The molecule has 0 aliphatic carbocycles. The van der Waals surface area contributed by atoms with Gasteiger partial charge in [0.15, 0.2) is 11.7 Å². The van der Waals surface area contributed by atoms with Crippen LogP contribution in [-0.2, 0) is 17.6 Å². The number of amides is 1. The van der Waals surface area contributed by atoms with Gasteiger partial charge >= 0.3 is 0 Å². The van der Waals surface area contributed by atoms with Gasteiger partial charge in [-0.1, -0.05) is 30.3 Å². The maximum Gasteiger partial charge on any atom is 0.223 e. The van der Waals surface area contributed by atoms with E-state index in [1.807, 2.05) is 23.1 Å². The molecule has 0 N–H and O–H groups in total. The van der Waals surface area contributed by atoms with Gasteiger partial charge in [-0.15, -0.1) is 0 Å². The number of hydrogen-bond acceptors (Lipinski definition) is 3. The molecule has 1 aliphatic heterocycles. The predicted molar refractivity (Wildman–Crippen MR) is 110 cm³/mol. The number of carbonyl (C=O) groups is 1. The molecule has 1 aliphatic rings. The Morgan fingerprint density at radius 2 is 1.90 bits per heavy atom. The molecular weight excluding hydrogens is 367 g/mol. The number of benzene rings is 2. The molecule has 2 heterocycles. The smallest absolute Gasteiger partial charge is 0.223 e. The molecule has 0 saturated carbocycles. The van der Waals surface area contributed by atoms with E-state index in [-0.39, 0.29) is 17.8 Å². The van der Waals surface area contributed by atoms with Crippen LogP contribution in [0.4, 0.5) is 4.39 Å². The minimum Gasteiger partial charge on any atom is -0.441 e. The van der Waals surface area contributed by atoms with Gasteiger partial charge in [0.25, 0.3) is 0 Å². The zero-order chi connectivity index (χ0) is 20.1. The monoisotopic (exact) mass is 392 g/mol. The number of nitrogens with zero attached hydrogens (tertiary/aromatic N) is 2. The van der Waals surface area contributed by atoms with Crippen LogP contribution in [0.2, 0.25) is 0 Å². The summed E-state index contributed by atoms with van der Waals surface area (Å²) in [6, 6.07) is 16.7. The Labute approximate surface area is 170 Å². The molecule has 150 valence electrons. The van der Waals surface area contributed by atoms with E-state index in [2.05, 4.69) is 17.1 Å². The standard InChI is InChI=1S/C24H25FN2O2/c25-20-11-9-19(10-12-20)22-17-26-23(29-22)13-14-24(28)27-15-5-4-8-21(27)16-18-6-2-1-3-7-18/h1-3,6-7,9-12,17,21H,4-5,8,13-16H2/t21-/m0/s1. The van der Waals surface area contributed by atoms with Gasteiger partial charge in [-0.3, -0.25) is 4.79 Å². The Hall–Kier alpha value is -2.95. The predicted octanol–water partition coefficient (Wildman–Crippen LogP) is 5.04. The lowest BCUT2D eigenvalue weighted by atomic mass is 9.95. The molecule has 1 fully saturated rings. The lowest BCUT2D eigenvalue weighted by molar-refractivity contribution is -0.134. The van der Waals surface area contributed by atoms with Gasteiger partial charge in [0.05, 0.1) is 6.20 Å². The molecule has 0 spiro atoms. The van der Waals surface area contributed by atoms with E-state index in [4.69, 9.17) is 4.42 Å². The van der Waals surface area contributed by atoms with Crippen molar-refractivity contribution in [1.29, 1.82) is 0 Å². The van der Waals surface area contributed by atoms with Crippen molar-refractivity contribution in [1.82, 2.24) is 9.88 Å². The normalized spacial score (nSPS) is 16.7. The number of aromatic nitrogens is 1. The number of aryl methyl sites for hydroxylation is 1. The lowest BCUT2D eigenvalue weighted by Gasteiger charge is -2.36. The zero-order valence-electron chi connectivity index (χ0n) is 16.4. The highest BCUT2D eigenvalue weighted by molar-refractivity contribution is 5.76. The Morgan fingerprint density at radius 1 is 1.10 bits per heavy atom. The quantitative estimate of drug-likeness (QED) is 0.591. The molecule has 0 bridgehead atoms. The first-order valence-electron chi connectivity index (χ1n) is 10.2. The topological polar surface area (TPSA) is 46.3 Å². The Morgan fingerprint density at radius 3 is 2.69 bits per heavy atom. The number of piperidine rings is 1. The highest BCUT2D eigenvalue weighted by Gasteiger charge is 2.26. The van der Waals surface area contributed by atoms with E-state index in [0.717, 1.165) is 31.4 Å². The van der Waals surface area contributed by atoms with Gasteiger partial charge in [0.2, 0.25) is 5.91 Å². The molecule has 4 rings (SSSR count). The molecule has 3 aromatic rings. The van der Waals surface area contributed by atoms with Crippen LogP contribution in [0.1, 0.15) is 37.1 Å². The first-order chi connectivity index (χ1) is 14.2. The van der Waals surface area contributed by atoms with Gasteiger partial charge < -0.3 is 9.32 Å². The summed E-state index contributed by atoms with van der Waals surface area (Å²) in [5.74, 6) is 1.000. The van der Waals surface area contributed by atoms with E-state index in [9.17, 15) is 9.18 Å². The molecular formula is C24H25FN2O2. The molecule has 2 aromatic carbocycles. The third-order valence-corrected chi connectivity index (χ3v) is 5.50.